The molecule has 1 aromatic rings. The molecule has 0 amide bonds. The number of ketones is 1. The summed E-state index contributed by atoms with van der Waals surface area (Å²) in [4.78, 5) is 35.7. The molecule has 1 saturated heterocycles. The third-order valence-electron chi connectivity index (χ3n) is 5.04. The lowest BCUT2D eigenvalue weighted by molar-refractivity contribution is -0.384. The molecular weight excluding hydrogens is 435 g/mol. The number of piperidine rings is 1. The average Bonchev–Trinajstić information content (AvgIpc) is 2.70. The molecule has 0 saturated carbocycles. The Balaban J connectivity index is 2.05. The van der Waals surface area contributed by atoms with Crippen LogP contribution in [0.5, 0.6) is 0 Å². The number of allylic oxidation sites excluding steroid dienone is 1. The molecule has 0 aromatic heterocycles. The van der Waals surface area contributed by atoms with E-state index in [1.165, 1.54) is 18.7 Å². The minimum atomic E-state index is -4.71. The molecule has 0 aliphatic carbocycles. The molecule has 9 nitrogen and oxygen atoms in total. The molecule has 1 aliphatic rings. The summed E-state index contributed by atoms with van der Waals surface area (Å²) in [6.45, 7) is 2.25. The number of carbonyl (C=O) groups excluding carboxylic acids is 2. The first-order valence-electron chi connectivity index (χ1n) is 9.58. The van der Waals surface area contributed by atoms with E-state index in [9.17, 15) is 38.0 Å². The molecule has 174 valence electrons. The van der Waals surface area contributed by atoms with E-state index in [1.54, 1.807) is 0 Å². The Bertz CT molecular complexity index is 950. The number of nitrogens with zero attached hydrogens (tertiary/aromatic N) is 2. The van der Waals surface area contributed by atoms with Crippen molar-refractivity contribution in [2.75, 3.05) is 24.6 Å². The summed E-state index contributed by atoms with van der Waals surface area (Å²) >= 11 is 0. The molecule has 1 heterocycles. The number of benzene rings is 1. The van der Waals surface area contributed by atoms with Crippen molar-refractivity contribution in [2.45, 2.75) is 32.9 Å². The Morgan fingerprint density at radius 3 is 2.34 bits per heavy atom. The maximum Gasteiger partial charge on any atom is 0.416 e. The quantitative estimate of drug-likeness (QED) is 0.159. The highest BCUT2D eigenvalue weighted by molar-refractivity contribution is 6.19. The zero-order valence-corrected chi connectivity index (χ0v) is 17.4. The van der Waals surface area contributed by atoms with Crippen LogP contribution in [0.2, 0.25) is 0 Å². The van der Waals surface area contributed by atoms with Gasteiger partial charge in [0.1, 0.15) is 18.1 Å². The molecule has 1 fully saturated rings. The van der Waals surface area contributed by atoms with Gasteiger partial charge in [-0.05, 0) is 38.8 Å². The van der Waals surface area contributed by atoms with Crippen molar-refractivity contribution >= 4 is 28.8 Å². The van der Waals surface area contributed by atoms with Gasteiger partial charge in [-0.3, -0.25) is 19.7 Å². The lowest BCUT2D eigenvalue weighted by atomic mass is 9.96. The number of nitro groups is 1. The van der Waals surface area contributed by atoms with E-state index in [1.807, 2.05) is 0 Å². The van der Waals surface area contributed by atoms with Gasteiger partial charge < -0.3 is 20.2 Å². The fraction of sp³-hybridized carbons (Fsp3) is 0.450. The van der Waals surface area contributed by atoms with Crippen molar-refractivity contribution in [3.8, 4) is 0 Å². The highest BCUT2D eigenvalue weighted by atomic mass is 19.4. The van der Waals surface area contributed by atoms with E-state index in [0.717, 1.165) is 12.1 Å². The van der Waals surface area contributed by atoms with Gasteiger partial charge in [0.25, 0.3) is 5.69 Å². The first-order chi connectivity index (χ1) is 14.8. The Morgan fingerprint density at radius 2 is 1.88 bits per heavy atom. The number of aliphatic hydroxyl groups excluding tert-OH is 1. The number of rotatable bonds is 7. The van der Waals surface area contributed by atoms with Crippen LogP contribution < -0.4 is 4.90 Å². The summed E-state index contributed by atoms with van der Waals surface area (Å²) in [6.07, 6.45) is -4.26. The molecule has 2 N–H and O–H groups in total. The number of alkyl halides is 3. The number of carbonyl (C=O) groups is 2. The largest absolute Gasteiger partial charge is 0.508 e. The fourth-order valence-corrected chi connectivity index (χ4v) is 3.48. The molecule has 0 atom stereocenters. The predicted octanol–water partition coefficient (Wildman–Crippen LogP) is 3.81. The summed E-state index contributed by atoms with van der Waals surface area (Å²) < 4.78 is 43.7. The van der Waals surface area contributed by atoms with Crippen molar-refractivity contribution in [3.63, 3.8) is 0 Å². The minimum absolute atomic E-state index is 0.0305. The van der Waals surface area contributed by atoms with Crippen molar-refractivity contribution in [1.82, 2.24) is 0 Å². The van der Waals surface area contributed by atoms with Gasteiger partial charge >= 0.3 is 12.1 Å². The van der Waals surface area contributed by atoms with Crippen molar-refractivity contribution in [1.29, 1.82) is 5.41 Å². The number of esters is 1. The highest BCUT2D eigenvalue weighted by Gasteiger charge is 2.35. The first kappa shape index (κ1) is 24.8. The average molecular weight is 457 g/mol. The van der Waals surface area contributed by atoms with E-state index in [2.05, 4.69) is 0 Å². The molecule has 0 unspecified atom stereocenters. The SMILES string of the molecule is CC(=N)/C(C(C)=O)=C(/O)COC(=O)C1CCN(c2ccc(C(F)(F)F)cc2[N+](=O)[O-])CC1. The molecule has 12 heteroatoms. The van der Waals surface area contributed by atoms with Gasteiger partial charge in [0, 0.05) is 24.9 Å². The minimum Gasteiger partial charge on any atom is -0.508 e. The summed E-state index contributed by atoms with van der Waals surface area (Å²) in [5, 5.41) is 28.7. The lowest BCUT2D eigenvalue weighted by Gasteiger charge is -2.32. The maximum atomic E-state index is 12.9. The molecular formula is C20H22F3N3O6. The van der Waals surface area contributed by atoms with Gasteiger partial charge in [0.15, 0.2) is 5.78 Å². The van der Waals surface area contributed by atoms with E-state index in [0.29, 0.717) is 6.07 Å². The van der Waals surface area contributed by atoms with Crippen molar-refractivity contribution in [3.05, 3.63) is 45.2 Å². The molecule has 2 rings (SSSR count). The number of aliphatic hydroxyl groups is 1. The highest BCUT2D eigenvalue weighted by Crippen LogP contribution is 2.37. The number of hydrogen-bond acceptors (Lipinski definition) is 8. The smallest absolute Gasteiger partial charge is 0.416 e. The van der Waals surface area contributed by atoms with Crippen LogP contribution in [-0.4, -0.2) is 47.2 Å². The second kappa shape index (κ2) is 9.79. The summed E-state index contributed by atoms with van der Waals surface area (Å²) in [7, 11) is 0. The number of nitrogens with one attached hydrogen (secondary N) is 1. The van der Waals surface area contributed by atoms with Crippen LogP contribution in [0, 0.1) is 21.4 Å². The number of hydrogen-bond donors (Lipinski definition) is 2. The number of nitro benzene ring substituents is 1. The molecule has 1 aliphatic heterocycles. The lowest BCUT2D eigenvalue weighted by Crippen LogP contribution is -2.37. The van der Waals surface area contributed by atoms with Crippen LogP contribution in [0.15, 0.2) is 29.5 Å². The molecule has 1 aromatic carbocycles. The third kappa shape index (κ3) is 5.83. The summed E-state index contributed by atoms with van der Waals surface area (Å²) in [5.41, 5.74) is -2.17. The Labute approximate surface area is 181 Å². The van der Waals surface area contributed by atoms with Crippen LogP contribution in [0.4, 0.5) is 24.5 Å². The molecule has 32 heavy (non-hydrogen) atoms. The Morgan fingerprint density at radius 1 is 1.28 bits per heavy atom. The van der Waals surface area contributed by atoms with Crippen LogP contribution in [0.1, 0.15) is 32.3 Å². The number of ether oxygens (including phenoxy) is 1. The van der Waals surface area contributed by atoms with Crippen molar-refractivity contribution in [2.24, 2.45) is 5.92 Å². The van der Waals surface area contributed by atoms with Gasteiger partial charge in [0.05, 0.1) is 22.0 Å². The predicted molar refractivity (Wildman–Crippen MR) is 108 cm³/mol. The number of anilines is 1. The normalized spacial score (nSPS) is 15.7. The van der Waals surface area contributed by atoms with E-state index >= 15 is 0 Å². The monoisotopic (exact) mass is 457 g/mol. The van der Waals surface area contributed by atoms with Crippen molar-refractivity contribution < 1.29 is 37.5 Å². The van der Waals surface area contributed by atoms with Crippen LogP contribution in [-0.2, 0) is 20.5 Å². The van der Waals surface area contributed by atoms with Gasteiger partial charge in [-0.1, -0.05) is 0 Å². The van der Waals surface area contributed by atoms with E-state index in [-0.39, 0.29) is 42.9 Å². The van der Waals surface area contributed by atoms with E-state index in [4.69, 9.17) is 10.1 Å². The Hall–Kier alpha value is -3.44. The van der Waals surface area contributed by atoms with Crippen LogP contribution in [0.25, 0.3) is 0 Å². The van der Waals surface area contributed by atoms with Crippen LogP contribution >= 0.6 is 0 Å². The molecule has 0 bridgehead atoms. The molecule has 0 spiro atoms. The second-order valence-corrected chi connectivity index (χ2v) is 7.33. The Kier molecular flexibility index (Phi) is 7.60. The zero-order valence-electron chi connectivity index (χ0n) is 17.4. The summed E-state index contributed by atoms with van der Waals surface area (Å²) in [6, 6.07) is 2.31. The van der Waals surface area contributed by atoms with Crippen LogP contribution in [0.3, 0.4) is 0 Å². The van der Waals surface area contributed by atoms with Gasteiger partial charge in [-0.2, -0.15) is 13.2 Å². The molecule has 0 radical (unpaired) electrons. The number of halogens is 3. The van der Waals surface area contributed by atoms with Gasteiger partial charge in [0.2, 0.25) is 0 Å². The standard InChI is InChI=1S/C20H22F3N3O6/c1-11(24)18(12(2)27)17(28)10-32-19(29)13-5-7-25(8-6-13)15-4-3-14(20(21,22)23)9-16(15)26(30)31/h3-4,9,13,24,28H,5-8,10H2,1-2H3/b18-17-,24-11?. The van der Waals surface area contributed by atoms with E-state index < -0.39 is 52.4 Å². The third-order valence-corrected chi connectivity index (χ3v) is 5.04. The number of Topliss-reactive ketones (excluding diaryl/α,β-unsaturated/α-hetero) is 1. The first-order valence-corrected chi connectivity index (χ1v) is 9.58. The zero-order chi connectivity index (χ0) is 24.2. The summed E-state index contributed by atoms with van der Waals surface area (Å²) in [5.74, 6) is -2.31. The topological polar surface area (TPSA) is 134 Å². The fourth-order valence-electron chi connectivity index (χ4n) is 3.48. The van der Waals surface area contributed by atoms with Gasteiger partial charge in [-0.15, -0.1) is 0 Å². The second-order valence-electron chi connectivity index (χ2n) is 7.33. The maximum absolute atomic E-state index is 12.9. The van der Waals surface area contributed by atoms with Gasteiger partial charge in [-0.25, -0.2) is 0 Å².